The maximum atomic E-state index is 4.55. The molecule has 0 bridgehead atoms. The molecule has 0 aliphatic heterocycles. The van der Waals surface area contributed by atoms with Crippen LogP contribution in [0.5, 0.6) is 0 Å². The summed E-state index contributed by atoms with van der Waals surface area (Å²) in [4.78, 5) is 8.91. The van der Waals surface area contributed by atoms with E-state index in [0.717, 1.165) is 17.2 Å². The lowest BCUT2D eigenvalue weighted by molar-refractivity contribution is 0.470. The average molecular weight is 233 g/mol. The maximum absolute atomic E-state index is 4.55. The van der Waals surface area contributed by atoms with Crippen LogP contribution in [0.3, 0.4) is 0 Å². The Morgan fingerprint density at radius 3 is 2.29 bits per heavy atom. The zero-order valence-corrected chi connectivity index (χ0v) is 11.0. The molecule has 17 heavy (non-hydrogen) atoms. The van der Waals surface area contributed by atoms with Gasteiger partial charge in [0.2, 0.25) is 0 Å². The highest BCUT2D eigenvalue weighted by Gasteiger charge is 2.11. The quantitative estimate of drug-likeness (QED) is 0.847. The highest BCUT2D eigenvalue weighted by Crippen LogP contribution is 2.20. The van der Waals surface area contributed by atoms with E-state index in [-0.39, 0.29) is 0 Å². The number of hydrogen-bond donors (Lipinski definition) is 1. The third-order valence-corrected chi connectivity index (χ3v) is 3.65. The molecule has 2 rings (SSSR count). The minimum atomic E-state index is 0.590. The van der Waals surface area contributed by atoms with Gasteiger partial charge in [-0.1, -0.05) is 32.1 Å². The number of aryl methyl sites for hydroxylation is 2. The minimum absolute atomic E-state index is 0.590. The molecule has 1 aromatic heterocycles. The van der Waals surface area contributed by atoms with Gasteiger partial charge in [-0.2, -0.15) is 0 Å². The smallest absolute Gasteiger partial charge is 0.145 e. The molecule has 0 radical (unpaired) electrons. The third kappa shape index (κ3) is 3.69. The summed E-state index contributed by atoms with van der Waals surface area (Å²) >= 11 is 0. The Bertz CT molecular complexity index is 354. The number of nitrogens with zero attached hydrogens (tertiary/aromatic N) is 2. The molecule has 94 valence electrons. The summed E-state index contributed by atoms with van der Waals surface area (Å²) in [5.41, 5.74) is 2.05. The molecule has 3 heteroatoms. The second-order valence-electron chi connectivity index (χ2n) is 5.11. The third-order valence-electron chi connectivity index (χ3n) is 3.65. The van der Waals surface area contributed by atoms with E-state index in [1.165, 1.54) is 44.9 Å². The van der Waals surface area contributed by atoms with Crippen LogP contribution in [-0.2, 0) is 0 Å². The van der Waals surface area contributed by atoms with Crippen molar-refractivity contribution in [2.45, 2.75) is 64.8 Å². The molecule has 0 saturated heterocycles. The zero-order valence-electron chi connectivity index (χ0n) is 11.0. The lowest BCUT2D eigenvalue weighted by atomic mass is 9.97. The number of aromatic nitrogens is 2. The fraction of sp³-hybridized carbons (Fsp3) is 0.714. The van der Waals surface area contributed by atoms with Gasteiger partial charge in [0.1, 0.15) is 5.82 Å². The SMILES string of the molecule is Cc1ncc(NC2CCCCCCC2)nc1C. The Kier molecular flexibility index (Phi) is 4.35. The van der Waals surface area contributed by atoms with Crippen molar-refractivity contribution in [1.29, 1.82) is 0 Å². The van der Waals surface area contributed by atoms with Crippen molar-refractivity contribution >= 4 is 5.82 Å². The molecule has 1 saturated carbocycles. The summed E-state index contributed by atoms with van der Waals surface area (Å²) in [6, 6.07) is 0.590. The topological polar surface area (TPSA) is 37.8 Å². The van der Waals surface area contributed by atoms with Crippen LogP contribution in [0.4, 0.5) is 5.82 Å². The van der Waals surface area contributed by atoms with E-state index in [4.69, 9.17) is 0 Å². The molecule has 1 aliphatic carbocycles. The van der Waals surface area contributed by atoms with Gasteiger partial charge in [-0.15, -0.1) is 0 Å². The van der Waals surface area contributed by atoms with Gasteiger partial charge in [-0.3, -0.25) is 4.98 Å². The Morgan fingerprint density at radius 2 is 1.65 bits per heavy atom. The van der Waals surface area contributed by atoms with Crippen LogP contribution in [0.25, 0.3) is 0 Å². The largest absolute Gasteiger partial charge is 0.366 e. The van der Waals surface area contributed by atoms with Crippen molar-refractivity contribution in [3.05, 3.63) is 17.6 Å². The molecule has 0 amide bonds. The van der Waals surface area contributed by atoms with E-state index >= 15 is 0 Å². The zero-order chi connectivity index (χ0) is 12.1. The van der Waals surface area contributed by atoms with Crippen molar-refractivity contribution in [3.8, 4) is 0 Å². The van der Waals surface area contributed by atoms with Crippen molar-refractivity contribution in [2.75, 3.05) is 5.32 Å². The van der Waals surface area contributed by atoms with E-state index in [9.17, 15) is 0 Å². The summed E-state index contributed by atoms with van der Waals surface area (Å²) in [6.07, 6.45) is 11.3. The van der Waals surface area contributed by atoms with Gasteiger partial charge in [-0.25, -0.2) is 4.98 Å². The molecule has 1 heterocycles. The summed E-state index contributed by atoms with van der Waals surface area (Å²) in [7, 11) is 0. The van der Waals surface area contributed by atoms with Crippen LogP contribution in [0.1, 0.15) is 56.3 Å². The second-order valence-corrected chi connectivity index (χ2v) is 5.11. The normalized spacial score (nSPS) is 18.5. The highest BCUT2D eigenvalue weighted by molar-refractivity contribution is 5.34. The van der Waals surface area contributed by atoms with Gasteiger partial charge in [0.05, 0.1) is 17.6 Å². The molecule has 1 fully saturated rings. The van der Waals surface area contributed by atoms with Crippen molar-refractivity contribution in [2.24, 2.45) is 0 Å². The molecule has 0 unspecified atom stereocenters. The molecule has 0 atom stereocenters. The summed E-state index contributed by atoms with van der Waals surface area (Å²) in [5, 5.41) is 3.54. The van der Waals surface area contributed by atoms with Crippen LogP contribution >= 0.6 is 0 Å². The second kappa shape index (κ2) is 5.99. The van der Waals surface area contributed by atoms with Crippen LogP contribution < -0.4 is 5.32 Å². The fourth-order valence-electron chi connectivity index (χ4n) is 2.42. The maximum Gasteiger partial charge on any atom is 0.145 e. The number of hydrogen-bond acceptors (Lipinski definition) is 3. The Labute approximate surface area is 104 Å². The fourth-order valence-corrected chi connectivity index (χ4v) is 2.42. The standard InChI is InChI=1S/C14H23N3/c1-11-12(2)16-14(10-15-11)17-13-8-6-4-3-5-7-9-13/h10,13H,3-9H2,1-2H3,(H,16,17). The van der Waals surface area contributed by atoms with Crippen molar-refractivity contribution < 1.29 is 0 Å². The lowest BCUT2D eigenvalue weighted by Gasteiger charge is -2.21. The van der Waals surface area contributed by atoms with Crippen LogP contribution in [0, 0.1) is 13.8 Å². The van der Waals surface area contributed by atoms with Gasteiger partial charge in [-0.05, 0) is 26.7 Å². The van der Waals surface area contributed by atoms with E-state index < -0.39 is 0 Å². The predicted octanol–water partition coefficient (Wildman–Crippen LogP) is 3.62. The Balaban J connectivity index is 1.95. The number of rotatable bonds is 2. The van der Waals surface area contributed by atoms with E-state index in [1.54, 1.807) is 0 Å². The molecular weight excluding hydrogens is 210 g/mol. The summed E-state index contributed by atoms with van der Waals surface area (Å²) in [6.45, 7) is 4.02. The molecule has 1 aliphatic rings. The minimum Gasteiger partial charge on any atom is -0.366 e. The average Bonchev–Trinajstić information content (AvgIpc) is 2.27. The van der Waals surface area contributed by atoms with Gasteiger partial charge in [0.15, 0.2) is 0 Å². The van der Waals surface area contributed by atoms with Crippen LogP contribution in [0.15, 0.2) is 6.20 Å². The first-order chi connectivity index (χ1) is 8.25. The van der Waals surface area contributed by atoms with Gasteiger partial charge in [0, 0.05) is 6.04 Å². The first kappa shape index (κ1) is 12.3. The molecular formula is C14H23N3. The number of anilines is 1. The summed E-state index contributed by atoms with van der Waals surface area (Å²) < 4.78 is 0. The van der Waals surface area contributed by atoms with E-state index in [2.05, 4.69) is 15.3 Å². The molecule has 0 aromatic carbocycles. The molecule has 1 N–H and O–H groups in total. The molecule has 0 spiro atoms. The number of nitrogens with one attached hydrogen (secondary N) is 1. The predicted molar refractivity (Wildman–Crippen MR) is 71.2 cm³/mol. The monoisotopic (exact) mass is 233 g/mol. The molecule has 1 aromatic rings. The first-order valence-corrected chi connectivity index (χ1v) is 6.82. The summed E-state index contributed by atoms with van der Waals surface area (Å²) in [5.74, 6) is 0.943. The lowest BCUT2D eigenvalue weighted by Crippen LogP contribution is -2.21. The Hall–Kier alpha value is -1.12. The van der Waals surface area contributed by atoms with Crippen LogP contribution in [0.2, 0.25) is 0 Å². The van der Waals surface area contributed by atoms with E-state index in [1.807, 2.05) is 20.0 Å². The van der Waals surface area contributed by atoms with Gasteiger partial charge < -0.3 is 5.32 Å². The Morgan fingerprint density at radius 1 is 1.00 bits per heavy atom. The van der Waals surface area contributed by atoms with Crippen molar-refractivity contribution in [3.63, 3.8) is 0 Å². The van der Waals surface area contributed by atoms with Crippen molar-refractivity contribution in [1.82, 2.24) is 9.97 Å². The first-order valence-electron chi connectivity index (χ1n) is 6.82. The van der Waals surface area contributed by atoms with Crippen LogP contribution in [-0.4, -0.2) is 16.0 Å². The van der Waals surface area contributed by atoms with Gasteiger partial charge >= 0.3 is 0 Å². The van der Waals surface area contributed by atoms with E-state index in [0.29, 0.717) is 6.04 Å². The van der Waals surface area contributed by atoms with Gasteiger partial charge in [0.25, 0.3) is 0 Å². The molecule has 3 nitrogen and oxygen atoms in total. The highest BCUT2D eigenvalue weighted by atomic mass is 15.0.